The second-order valence-corrected chi connectivity index (χ2v) is 7.67. The second kappa shape index (κ2) is 10.3. The van der Waals surface area contributed by atoms with Gasteiger partial charge >= 0.3 is 5.97 Å². The van der Waals surface area contributed by atoms with Gasteiger partial charge < -0.3 is 4.74 Å². The first kappa shape index (κ1) is 17.8. The van der Waals surface area contributed by atoms with E-state index in [4.69, 9.17) is 4.74 Å². The molecule has 2 aliphatic rings. The summed E-state index contributed by atoms with van der Waals surface area (Å²) in [5.41, 5.74) is 0. The highest BCUT2D eigenvalue weighted by molar-refractivity contribution is 5.69. The summed E-state index contributed by atoms with van der Waals surface area (Å²) in [5.74, 6) is 1.99. The smallest absolute Gasteiger partial charge is 0.306 e. The van der Waals surface area contributed by atoms with Gasteiger partial charge in [-0.2, -0.15) is 0 Å². The summed E-state index contributed by atoms with van der Waals surface area (Å²) < 4.78 is 5.59. The molecule has 128 valence electrons. The Kier molecular flexibility index (Phi) is 8.33. The van der Waals surface area contributed by atoms with Crippen LogP contribution in [0.2, 0.25) is 0 Å². The van der Waals surface area contributed by atoms with Gasteiger partial charge in [0, 0.05) is 6.42 Å². The van der Waals surface area contributed by atoms with Crippen molar-refractivity contribution in [2.45, 2.75) is 109 Å². The van der Waals surface area contributed by atoms with E-state index in [1.807, 2.05) is 0 Å². The molecule has 0 aromatic heterocycles. The molecule has 0 aromatic rings. The largest absolute Gasteiger partial charge is 0.462 e. The van der Waals surface area contributed by atoms with E-state index in [1.165, 1.54) is 70.6 Å². The van der Waals surface area contributed by atoms with Gasteiger partial charge in [-0.15, -0.1) is 0 Å². The van der Waals surface area contributed by atoms with Gasteiger partial charge in [0.25, 0.3) is 0 Å². The van der Waals surface area contributed by atoms with Crippen LogP contribution in [-0.4, -0.2) is 12.1 Å². The molecule has 0 aromatic carbocycles. The van der Waals surface area contributed by atoms with E-state index in [0.29, 0.717) is 6.42 Å². The molecule has 0 atom stereocenters. The summed E-state index contributed by atoms with van der Waals surface area (Å²) >= 11 is 0. The highest BCUT2D eigenvalue weighted by Crippen LogP contribution is 2.34. The van der Waals surface area contributed by atoms with E-state index < -0.39 is 0 Å². The van der Waals surface area contributed by atoms with Crippen molar-refractivity contribution < 1.29 is 9.53 Å². The molecule has 2 aliphatic carbocycles. The molecule has 2 fully saturated rings. The molecule has 2 heteroatoms. The van der Waals surface area contributed by atoms with Crippen molar-refractivity contribution in [2.75, 3.05) is 0 Å². The van der Waals surface area contributed by atoms with Gasteiger partial charge in [0.2, 0.25) is 0 Å². The van der Waals surface area contributed by atoms with Crippen molar-refractivity contribution in [2.24, 2.45) is 11.8 Å². The second-order valence-electron chi connectivity index (χ2n) is 7.67. The van der Waals surface area contributed by atoms with E-state index in [2.05, 4.69) is 6.92 Å². The highest BCUT2D eigenvalue weighted by Gasteiger charge is 2.20. The maximum absolute atomic E-state index is 11.9. The Morgan fingerprint density at radius 1 is 0.864 bits per heavy atom. The molecule has 0 saturated heterocycles. The van der Waals surface area contributed by atoms with Crippen molar-refractivity contribution in [3.63, 3.8) is 0 Å². The average molecular weight is 309 g/mol. The predicted octanol–water partition coefficient (Wildman–Crippen LogP) is 6.03. The molecule has 2 nitrogen and oxygen atoms in total. The van der Waals surface area contributed by atoms with Gasteiger partial charge in [0.1, 0.15) is 6.10 Å². The zero-order valence-electron chi connectivity index (χ0n) is 14.7. The first-order chi connectivity index (χ1) is 10.8. The lowest BCUT2D eigenvalue weighted by atomic mass is 9.78. The fourth-order valence-corrected chi connectivity index (χ4v) is 4.35. The van der Waals surface area contributed by atoms with Gasteiger partial charge in [0.15, 0.2) is 0 Å². The van der Waals surface area contributed by atoms with Crippen molar-refractivity contribution in [3.05, 3.63) is 0 Å². The fourth-order valence-electron chi connectivity index (χ4n) is 4.35. The molecule has 2 rings (SSSR count). The van der Waals surface area contributed by atoms with Gasteiger partial charge in [-0.1, -0.05) is 64.7 Å². The van der Waals surface area contributed by atoms with Crippen LogP contribution >= 0.6 is 0 Å². The molecule has 0 heterocycles. The first-order valence-corrected chi connectivity index (χ1v) is 9.97. The van der Waals surface area contributed by atoms with Crippen LogP contribution in [0.5, 0.6) is 0 Å². The zero-order valence-corrected chi connectivity index (χ0v) is 14.7. The molecular formula is C20H36O2. The van der Waals surface area contributed by atoms with E-state index in [0.717, 1.165) is 31.1 Å². The fraction of sp³-hybridized carbons (Fsp3) is 0.950. The third-order valence-electron chi connectivity index (χ3n) is 5.76. The van der Waals surface area contributed by atoms with Gasteiger partial charge in [-0.25, -0.2) is 0 Å². The average Bonchev–Trinajstić information content (AvgIpc) is 2.54. The Morgan fingerprint density at radius 3 is 2.14 bits per heavy atom. The summed E-state index contributed by atoms with van der Waals surface area (Å²) in [4.78, 5) is 11.9. The maximum atomic E-state index is 11.9. The molecule has 0 radical (unpaired) electrons. The summed E-state index contributed by atoms with van der Waals surface area (Å²) in [6.07, 6.45) is 18.9. The van der Waals surface area contributed by atoms with Crippen LogP contribution in [0.3, 0.4) is 0 Å². The highest BCUT2D eigenvalue weighted by atomic mass is 16.5. The van der Waals surface area contributed by atoms with Gasteiger partial charge in [-0.3, -0.25) is 4.79 Å². The van der Waals surface area contributed by atoms with E-state index in [-0.39, 0.29) is 12.1 Å². The molecule has 22 heavy (non-hydrogen) atoms. The van der Waals surface area contributed by atoms with E-state index >= 15 is 0 Å². The quantitative estimate of drug-likeness (QED) is 0.404. The minimum Gasteiger partial charge on any atom is -0.462 e. The van der Waals surface area contributed by atoms with Crippen molar-refractivity contribution in [1.82, 2.24) is 0 Å². The Labute approximate surface area is 137 Å². The Morgan fingerprint density at radius 2 is 1.50 bits per heavy atom. The van der Waals surface area contributed by atoms with Crippen LogP contribution in [0.15, 0.2) is 0 Å². The number of rotatable bonds is 8. The number of carbonyl (C=O) groups is 1. The lowest BCUT2D eigenvalue weighted by Gasteiger charge is -2.28. The number of carbonyl (C=O) groups excluding carboxylic acids is 1. The van der Waals surface area contributed by atoms with Crippen molar-refractivity contribution >= 4 is 5.97 Å². The minimum atomic E-state index is 0.0542. The van der Waals surface area contributed by atoms with Gasteiger partial charge in [0.05, 0.1) is 0 Å². The SMILES string of the molecule is CCCC1CCC(CCCCC(=O)OC2CCCCC2)CC1. The predicted molar refractivity (Wildman–Crippen MR) is 91.8 cm³/mol. The molecule has 0 spiro atoms. The third-order valence-corrected chi connectivity index (χ3v) is 5.76. The molecule has 0 amide bonds. The van der Waals surface area contributed by atoms with E-state index in [1.54, 1.807) is 0 Å². The molecular weight excluding hydrogens is 272 g/mol. The molecule has 0 unspecified atom stereocenters. The normalized spacial score (nSPS) is 26.8. The third kappa shape index (κ3) is 6.71. The zero-order chi connectivity index (χ0) is 15.6. The van der Waals surface area contributed by atoms with Crippen LogP contribution in [-0.2, 0) is 9.53 Å². The number of hydrogen-bond donors (Lipinski definition) is 0. The lowest BCUT2D eigenvalue weighted by Crippen LogP contribution is -2.20. The monoisotopic (exact) mass is 308 g/mol. The standard InChI is InChI=1S/C20H36O2/c1-2-8-17-13-15-18(16-14-17)9-6-7-12-20(21)22-19-10-4-3-5-11-19/h17-19H,2-16H2,1H3. The van der Waals surface area contributed by atoms with Crippen LogP contribution in [0.4, 0.5) is 0 Å². The lowest BCUT2D eigenvalue weighted by molar-refractivity contribution is -0.150. The summed E-state index contributed by atoms with van der Waals surface area (Å²) in [6, 6.07) is 0. The van der Waals surface area contributed by atoms with Crippen LogP contribution in [0.1, 0.15) is 103 Å². The van der Waals surface area contributed by atoms with Gasteiger partial charge in [-0.05, 0) is 43.9 Å². The Bertz CT molecular complexity index is 299. The maximum Gasteiger partial charge on any atom is 0.306 e. The molecule has 2 saturated carbocycles. The topological polar surface area (TPSA) is 26.3 Å². The number of esters is 1. The van der Waals surface area contributed by atoms with Crippen molar-refractivity contribution in [1.29, 1.82) is 0 Å². The number of hydrogen-bond acceptors (Lipinski definition) is 2. The first-order valence-electron chi connectivity index (χ1n) is 9.97. The van der Waals surface area contributed by atoms with Crippen molar-refractivity contribution in [3.8, 4) is 0 Å². The molecule has 0 bridgehead atoms. The van der Waals surface area contributed by atoms with Crippen LogP contribution < -0.4 is 0 Å². The molecule has 0 N–H and O–H groups in total. The Balaban J connectivity index is 1.47. The number of unbranched alkanes of at least 4 members (excludes halogenated alkanes) is 1. The van der Waals surface area contributed by atoms with Crippen LogP contribution in [0, 0.1) is 11.8 Å². The summed E-state index contributed by atoms with van der Waals surface area (Å²) in [7, 11) is 0. The van der Waals surface area contributed by atoms with Crippen LogP contribution in [0.25, 0.3) is 0 Å². The molecule has 0 aliphatic heterocycles. The summed E-state index contributed by atoms with van der Waals surface area (Å²) in [5, 5.41) is 0. The minimum absolute atomic E-state index is 0.0542. The number of ether oxygens (including phenoxy) is 1. The summed E-state index contributed by atoms with van der Waals surface area (Å²) in [6.45, 7) is 2.30. The Hall–Kier alpha value is -0.530. The van der Waals surface area contributed by atoms with E-state index in [9.17, 15) is 4.79 Å².